The highest BCUT2D eigenvalue weighted by Crippen LogP contribution is 2.06. The van der Waals surface area contributed by atoms with Crippen molar-refractivity contribution in [3.63, 3.8) is 0 Å². The summed E-state index contributed by atoms with van der Waals surface area (Å²) in [5, 5.41) is 0. The van der Waals surface area contributed by atoms with E-state index in [4.69, 9.17) is 9.47 Å². The van der Waals surface area contributed by atoms with E-state index in [1.807, 2.05) is 0 Å². The van der Waals surface area contributed by atoms with Gasteiger partial charge in [0.1, 0.15) is 6.61 Å². The quantitative estimate of drug-likeness (QED) is 0.448. The first-order valence-corrected chi connectivity index (χ1v) is 5.44. The fourth-order valence-corrected chi connectivity index (χ4v) is 0.949. The van der Waals surface area contributed by atoms with Crippen LogP contribution in [0.3, 0.4) is 0 Å². The van der Waals surface area contributed by atoms with Crippen LogP contribution in [0.5, 0.6) is 0 Å². The third kappa shape index (κ3) is 8.05. The Morgan fingerprint density at radius 3 is 2.50 bits per heavy atom. The normalized spacial score (nSPS) is 12.5. The number of esters is 1. The molecule has 84 valence electrons. The Balaban J connectivity index is 3.27. The summed E-state index contributed by atoms with van der Waals surface area (Å²) in [6.45, 7) is 7.81. The summed E-state index contributed by atoms with van der Waals surface area (Å²) in [5.74, 6) is 0.304. The number of rotatable bonds is 8. The molecule has 0 heterocycles. The van der Waals surface area contributed by atoms with Crippen molar-refractivity contribution >= 4 is 5.97 Å². The molecule has 0 rings (SSSR count). The van der Waals surface area contributed by atoms with Crippen molar-refractivity contribution in [1.29, 1.82) is 0 Å². The second-order valence-corrected chi connectivity index (χ2v) is 3.55. The minimum atomic E-state index is -0.112. The Bertz CT molecular complexity index is 145. The van der Waals surface area contributed by atoms with Crippen LogP contribution in [0.2, 0.25) is 0 Å². The van der Waals surface area contributed by atoms with E-state index in [0.29, 0.717) is 25.6 Å². The molecule has 3 heteroatoms. The van der Waals surface area contributed by atoms with Gasteiger partial charge in [0.2, 0.25) is 0 Å². The molecule has 0 aromatic carbocycles. The van der Waals surface area contributed by atoms with Crippen LogP contribution in [0.25, 0.3) is 0 Å². The molecule has 0 aliphatic carbocycles. The van der Waals surface area contributed by atoms with Crippen molar-refractivity contribution in [3.8, 4) is 0 Å². The van der Waals surface area contributed by atoms with Crippen LogP contribution in [-0.2, 0) is 14.3 Å². The van der Waals surface area contributed by atoms with Gasteiger partial charge in [0.25, 0.3) is 0 Å². The van der Waals surface area contributed by atoms with Gasteiger partial charge >= 0.3 is 5.97 Å². The molecule has 3 nitrogen and oxygen atoms in total. The maximum Gasteiger partial charge on any atom is 0.306 e. The Morgan fingerprint density at radius 1 is 1.21 bits per heavy atom. The largest absolute Gasteiger partial charge is 0.463 e. The van der Waals surface area contributed by atoms with Gasteiger partial charge in [-0.3, -0.25) is 4.79 Å². The van der Waals surface area contributed by atoms with Gasteiger partial charge in [0.15, 0.2) is 0 Å². The lowest BCUT2D eigenvalue weighted by Gasteiger charge is -2.08. The lowest BCUT2D eigenvalue weighted by atomic mass is 10.1. The average Bonchev–Trinajstić information content (AvgIpc) is 2.17. The zero-order valence-corrected chi connectivity index (χ0v) is 9.54. The molecule has 0 radical (unpaired) electrons. The van der Waals surface area contributed by atoms with Crippen LogP contribution in [0.15, 0.2) is 0 Å². The maximum atomic E-state index is 11.2. The van der Waals surface area contributed by atoms with Crippen molar-refractivity contribution in [1.82, 2.24) is 0 Å². The molecule has 0 fully saturated rings. The second-order valence-electron chi connectivity index (χ2n) is 3.55. The fourth-order valence-electron chi connectivity index (χ4n) is 0.949. The summed E-state index contributed by atoms with van der Waals surface area (Å²) in [4.78, 5) is 11.2. The summed E-state index contributed by atoms with van der Waals surface area (Å²) in [7, 11) is 0. The van der Waals surface area contributed by atoms with Gasteiger partial charge in [-0.15, -0.1) is 0 Å². The lowest BCUT2D eigenvalue weighted by Crippen LogP contribution is -2.13. The molecule has 0 saturated carbocycles. The fraction of sp³-hybridized carbons (Fsp3) is 0.909. The predicted octanol–water partition coefficient (Wildman–Crippen LogP) is 2.39. The molecule has 0 N–H and O–H groups in total. The molecule has 0 aromatic rings. The van der Waals surface area contributed by atoms with E-state index in [-0.39, 0.29) is 5.97 Å². The van der Waals surface area contributed by atoms with Crippen LogP contribution < -0.4 is 0 Å². The first-order chi connectivity index (χ1) is 6.70. The number of ether oxygens (including phenoxy) is 2. The first-order valence-electron chi connectivity index (χ1n) is 5.44. The highest BCUT2D eigenvalue weighted by atomic mass is 16.6. The molecule has 1 atom stereocenters. The van der Waals surface area contributed by atoms with E-state index >= 15 is 0 Å². The molecular weight excluding hydrogens is 180 g/mol. The van der Waals surface area contributed by atoms with Gasteiger partial charge in [-0.1, -0.05) is 27.2 Å². The maximum absolute atomic E-state index is 11.2. The Hall–Kier alpha value is -0.570. The molecule has 0 amide bonds. The molecule has 0 aromatic heterocycles. The zero-order chi connectivity index (χ0) is 10.8. The highest BCUT2D eigenvalue weighted by molar-refractivity contribution is 5.69. The molecule has 0 spiro atoms. The van der Waals surface area contributed by atoms with E-state index in [9.17, 15) is 4.79 Å². The predicted molar refractivity (Wildman–Crippen MR) is 56.1 cm³/mol. The van der Waals surface area contributed by atoms with Crippen molar-refractivity contribution in [3.05, 3.63) is 0 Å². The first kappa shape index (κ1) is 13.4. The van der Waals surface area contributed by atoms with Crippen molar-refractivity contribution < 1.29 is 14.3 Å². The van der Waals surface area contributed by atoms with Gasteiger partial charge in [-0.2, -0.15) is 0 Å². The third-order valence-electron chi connectivity index (χ3n) is 2.05. The summed E-state index contributed by atoms with van der Waals surface area (Å²) in [6, 6.07) is 0. The van der Waals surface area contributed by atoms with Crippen LogP contribution in [0.1, 0.15) is 40.0 Å². The van der Waals surface area contributed by atoms with Crippen molar-refractivity contribution in [2.75, 3.05) is 19.8 Å². The molecule has 0 aliphatic rings. The van der Waals surface area contributed by atoms with Crippen LogP contribution in [-0.4, -0.2) is 25.8 Å². The standard InChI is InChI=1S/C11H22O3/c1-4-6-13-7-8-14-11(12)9-10(3)5-2/h10H,4-9H2,1-3H3. The van der Waals surface area contributed by atoms with E-state index in [1.54, 1.807) is 0 Å². The summed E-state index contributed by atoms with van der Waals surface area (Å²) in [5.41, 5.74) is 0. The van der Waals surface area contributed by atoms with E-state index in [1.165, 1.54) is 0 Å². The Morgan fingerprint density at radius 2 is 1.93 bits per heavy atom. The van der Waals surface area contributed by atoms with Gasteiger partial charge in [0.05, 0.1) is 6.61 Å². The van der Waals surface area contributed by atoms with Gasteiger partial charge in [-0.05, 0) is 12.3 Å². The molecule has 0 aliphatic heterocycles. The van der Waals surface area contributed by atoms with Gasteiger partial charge in [0, 0.05) is 13.0 Å². The smallest absolute Gasteiger partial charge is 0.306 e. The highest BCUT2D eigenvalue weighted by Gasteiger charge is 2.07. The lowest BCUT2D eigenvalue weighted by molar-refractivity contribution is -0.146. The zero-order valence-electron chi connectivity index (χ0n) is 9.54. The summed E-state index contributed by atoms with van der Waals surface area (Å²) in [6.07, 6.45) is 2.53. The molecule has 0 saturated heterocycles. The number of carbonyl (C=O) groups excluding carboxylic acids is 1. The summed E-state index contributed by atoms with van der Waals surface area (Å²) < 4.78 is 10.2. The van der Waals surface area contributed by atoms with Gasteiger partial charge in [-0.25, -0.2) is 0 Å². The van der Waals surface area contributed by atoms with E-state index in [2.05, 4.69) is 20.8 Å². The van der Waals surface area contributed by atoms with E-state index < -0.39 is 0 Å². The van der Waals surface area contributed by atoms with Crippen molar-refractivity contribution in [2.24, 2.45) is 5.92 Å². The van der Waals surface area contributed by atoms with Crippen LogP contribution in [0, 0.1) is 5.92 Å². The number of hydrogen-bond donors (Lipinski definition) is 0. The SMILES string of the molecule is CCCOCCOC(=O)CC(C)CC. The van der Waals surface area contributed by atoms with Gasteiger partial charge < -0.3 is 9.47 Å². The Kier molecular flexibility index (Phi) is 8.64. The van der Waals surface area contributed by atoms with E-state index in [0.717, 1.165) is 19.4 Å². The molecular formula is C11H22O3. The molecule has 1 unspecified atom stereocenters. The molecule has 14 heavy (non-hydrogen) atoms. The van der Waals surface area contributed by atoms with Crippen LogP contribution >= 0.6 is 0 Å². The monoisotopic (exact) mass is 202 g/mol. The summed E-state index contributed by atoms with van der Waals surface area (Å²) >= 11 is 0. The molecule has 0 bridgehead atoms. The topological polar surface area (TPSA) is 35.5 Å². The third-order valence-corrected chi connectivity index (χ3v) is 2.05. The minimum Gasteiger partial charge on any atom is -0.463 e. The Labute approximate surface area is 86.8 Å². The average molecular weight is 202 g/mol. The number of carbonyl (C=O) groups is 1. The second kappa shape index (κ2) is 9.00. The number of hydrogen-bond acceptors (Lipinski definition) is 3. The van der Waals surface area contributed by atoms with Crippen molar-refractivity contribution in [2.45, 2.75) is 40.0 Å². The minimum absolute atomic E-state index is 0.112. The van der Waals surface area contributed by atoms with Crippen LogP contribution in [0.4, 0.5) is 0 Å².